The summed E-state index contributed by atoms with van der Waals surface area (Å²) in [6.45, 7) is 1.75. The molecule has 2 rings (SSSR count). The predicted molar refractivity (Wildman–Crippen MR) is 58.1 cm³/mol. The molecular weight excluding hydrogens is 193 g/mol. The average molecular weight is 207 g/mol. The van der Waals surface area contributed by atoms with Crippen molar-refractivity contribution >= 4 is 5.82 Å². The fourth-order valence-electron chi connectivity index (χ4n) is 1.68. The van der Waals surface area contributed by atoms with Crippen LogP contribution in [0.15, 0.2) is 24.4 Å². The second kappa shape index (κ2) is 4.40. The van der Waals surface area contributed by atoms with E-state index in [0.29, 0.717) is 11.4 Å². The van der Waals surface area contributed by atoms with Gasteiger partial charge in [-0.25, -0.2) is 9.37 Å². The van der Waals surface area contributed by atoms with Gasteiger partial charge in [-0.2, -0.15) is 0 Å². The molecule has 0 amide bonds. The van der Waals surface area contributed by atoms with Crippen molar-refractivity contribution in [1.29, 1.82) is 0 Å². The summed E-state index contributed by atoms with van der Waals surface area (Å²) in [5, 5.41) is 0. The molecule has 0 spiro atoms. The molecule has 0 fully saturated rings. The van der Waals surface area contributed by atoms with Crippen molar-refractivity contribution in [2.24, 2.45) is 5.73 Å². The minimum Gasteiger partial charge on any atom is -0.350 e. The maximum atomic E-state index is 13.8. The highest BCUT2D eigenvalue weighted by atomic mass is 19.1. The van der Waals surface area contributed by atoms with E-state index in [4.69, 9.17) is 5.73 Å². The van der Waals surface area contributed by atoms with E-state index < -0.39 is 0 Å². The van der Waals surface area contributed by atoms with Gasteiger partial charge in [-0.05, 0) is 12.5 Å². The Hall–Kier alpha value is -1.42. The first kappa shape index (κ1) is 10.1. The molecule has 15 heavy (non-hydrogen) atoms. The molecule has 0 aromatic carbocycles. The number of nitrogens with two attached hydrogens (primary N) is 1. The van der Waals surface area contributed by atoms with Gasteiger partial charge in [0.2, 0.25) is 0 Å². The molecule has 0 radical (unpaired) electrons. The summed E-state index contributed by atoms with van der Waals surface area (Å²) < 4.78 is 13.8. The largest absolute Gasteiger partial charge is 0.350 e. The van der Waals surface area contributed by atoms with E-state index in [1.165, 1.54) is 0 Å². The van der Waals surface area contributed by atoms with Crippen molar-refractivity contribution in [3.63, 3.8) is 0 Å². The van der Waals surface area contributed by atoms with Crippen LogP contribution in [0, 0.1) is 5.82 Å². The minimum atomic E-state index is -0.282. The molecule has 0 bridgehead atoms. The molecule has 2 heterocycles. The van der Waals surface area contributed by atoms with E-state index >= 15 is 0 Å². The van der Waals surface area contributed by atoms with Gasteiger partial charge in [-0.3, -0.25) is 0 Å². The average Bonchev–Trinajstić information content (AvgIpc) is 2.30. The summed E-state index contributed by atoms with van der Waals surface area (Å²) >= 11 is 0. The quantitative estimate of drug-likeness (QED) is 0.746. The second-order valence-electron chi connectivity index (χ2n) is 3.52. The number of aromatic nitrogens is 1. The van der Waals surface area contributed by atoms with Crippen molar-refractivity contribution in [3.05, 3.63) is 35.8 Å². The highest BCUT2D eigenvalue weighted by Gasteiger charge is 2.15. The number of hydrogen-bond donors (Lipinski definition) is 1. The third-order valence-corrected chi connectivity index (χ3v) is 2.53. The van der Waals surface area contributed by atoms with Gasteiger partial charge in [0.1, 0.15) is 0 Å². The summed E-state index contributed by atoms with van der Waals surface area (Å²) in [5.41, 5.74) is 5.97. The van der Waals surface area contributed by atoms with E-state index in [1.807, 2.05) is 11.0 Å². The summed E-state index contributed by atoms with van der Waals surface area (Å²) in [5.74, 6) is 0.137. The third-order valence-electron chi connectivity index (χ3n) is 2.53. The van der Waals surface area contributed by atoms with Crippen molar-refractivity contribution in [2.75, 3.05) is 18.0 Å². The summed E-state index contributed by atoms with van der Waals surface area (Å²) in [7, 11) is 0. The molecule has 1 aliphatic heterocycles. The van der Waals surface area contributed by atoms with Gasteiger partial charge in [0.15, 0.2) is 11.6 Å². The van der Waals surface area contributed by atoms with Crippen LogP contribution >= 0.6 is 0 Å². The lowest BCUT2D eigenvalue weighted by Gasteiger charge is -2.25. The van der Waals surface area contributed by atoms with Gasteiger partial charge in [-0.1, -0.05) is 12.2 Å². The first-order valence-corrected chi connectivity index (χ1v) is 5.06. The maximum absolute atomic E-state index is 13.8. The standard InChI is InChI=1S/C11H14FN3/c12-10-9(8-13)4-5-14-11(10)15-6-2-1-3-7-15/h1-2,4-5H,3,6-8,13H2. The minimum absolute atomic E-state index is 0.213. The van der Waals surface area contributed by atoms with E-state index in [2.05, 4.69) is 11.1 Å². The molecule has 1 aromatic heterocycles. The molecule has 1 aromatic rings. The van der Waals surface area contributed by atoms with Crippen LogP contribution in [0.4, 0.5) is 10.2 Å². The molecular formula is C11H14FN3. The normalized spacial score (nSPS) is 15.7. The van der Waals surface area contributed by atoms with Crippen LogP contribution in [0.25, 0.3) is 0 Å². The highest BCUT2D eigenvalue weighted by Crippen LogP contribution is 2.20. The van der Waals surface area contributed by atoms with Gasteiger partial charge >= 0.3 is 0 Å². The van der Waals surface area contributed by atoms with Crippen molar-refractivity contribution in [2.45, 2.75) is 13.0 Å². The molecule has 0 saturated carbocycles. The Labute approximate surface area is 88.4 Å². The van der Waals surface area contributed by atoms with E-state index in [1.54, 1.807) is 12.3 Å². The van der Waals surface area contributed by atoms with Crippen LogP contribution in [-0.2, 0) is 6.54 Å². The lowest BCUT2D eigenvalue weighted by Crippen LogP contribution is -2.29. The zero-order valence-corrected chi connectivity index (χ0v) is 8.49. The third kappa shape index (κ3) is 1.99. The Kier molecular flexibility index (Phi) is 2.97. The maximum Gasteiger partial charge on any atom is 0.170 e. The Morgan fingerprint density at radius 2 is 2.33 bits per heavy atom. The smallest absolute Gasteiger partial charge is 0.170 e. The van der Waals surface area contributed by atoms with Crippen molar-refractivity contribution in [3.8, 4) is 0 Å². The van der Waals surface area contributed by atoms with Crippen LogP contribution in [0.3, 0.4) is 0 Å². The van der Waals surface area contributed by atoms with E-state index in [-0.39, 0.29) is 12.4 Å². The van der Waals surface area contributed by atoms with Gasteiger partial charge in [-0.15, -0.1) is 0 Å². The predicted octanol–water partition coefficient (Wildman–Crippen LogP) is 1.45. The SMILES string of the molecule is NCc1ccnc(N2CC=CCC2)c1F. The van der Waals surface area contributed by atoms with E-state index in [9.17, 15) is 4.39 Å². The highest BCUT2D eigenvalue weighted by molar-refractivity contribution is 5.44. The molecule has 4 heteroatoms. The zero-order chi connectivity index (χ0) is 10.7. The number of anilines is 1. The number of nitrogens with zero attached hydrogens (tertiary/aromatic N) is 2. The van der Waals surface area contributed by atoms with Gasteiger partial charge < -0.3 is 10.6 Å². The molecule has 3 nitrogen and oxygen atoms in total. The van der Waals surface area contributed by atoms with E-state index in [0.717, 1.165) is 19.5 Å². The molecule has 80 valence electrons. The molecule has 1 aliphatic rings. The molecule has 0 unspecified atom stereocenters. The van der Waals surface area contributed by atoms with Crippen LogP contribution in [-0.4, -0.2) is 18.1 Å². The summed E-state index contributed by atoms with van der Waals surface area (Å²) in [6, 6.07) is 1.62. The van der Waals surface area contributed by atoms with Crippen LogP contribution < -0.4 is 10.6 Å². The lowest BCUT2D eigenvalue weighted by molar-refractivity contribution is 0.594. The Bertz CT molecular complexity index is 376. The zero-order valence-electron chi connectivity index (χ0n) is 8.49. The lowest BCUT2D eigenvalue weighted by atomic mass is 10.2. The summed E-state index contributed by atoms with van der Waals surface area (Å²) in [4.78, 5) is 6.00. The first-order valence-electron chi connectivity index (χ1n) is 5.06. The number of pyridine rings is 1. The van der Waals surface area contributed by atoms with Gasteiger partial charge in [0.25, 0.3) is 0 Å². The number of hydrogen-bond acceptors (Lipinski definition) is 3. The Morgan fingerprint density at radius 1 is 1.47 bits per heavy atom. The van der Waals surface area contributed by atoms with Gasteiger partial charge in [0, 0.05) is 31.4 Å². The second-order valence-corrected chi connectivity index (χ2v) is 3.52. The molecule has 2 N–H and O–H groups in total. The van der Waals surface area contributed by atoms with Crippen molar-refractivity contribution < 1.29 is 4.39 Å². The molecule has 0 aliphatic carbocycles. The fourth-order valence-corrected chi connectivity index (χ4v) is 1.68. The van der Waals surface area contributed by atoms with Crippen LogP contribution in [0.5, 0.6) is 0 Å². The van der Waals surface area contributed by atoms with Gasteiger partial charge in [0.05, 0.1) is 0 Å². The monoisotopic (exact) mass is 207 g/mol. The topological polar surface area (TPSA) is 42.1 Å². The fraction of sp³-hybridized carbons (Fsp3) is 0.364. The Balaban J connectivity index is 2.31. The molecule has 0 atom stereocenters. The van der Waals surface area contributed by atoms with Crippen molar-refractivity contribution in [1.82, 2.24) is 4.98 Å². The van der Waals surface area contributed by atoms with Crippen LogP contribution in [0.1, 0.15) is 12.0 Å². The Morgan fingerprint density at radius 3 is 3.00 bits per heavy atom. The summed E-state index contributed by atoms with van der Waals surface area (Å²) in [6.07, 6.45) is 6.67. The first-order chi connectivity index (χ1) is 7.33. The molecule has 0 saturated heterocycles. The number of halogens is 1. The number of rotatable bonds is 2. The van der Waals surface area contributed by atoms with Crippen LogP contribution in [0.2, 0.25) is 0 Å².